The second-order valence-corrected chi connectivity index (χ2v) is 4.41. The minimum absolute atomic E-state index is 0.276. The molecular formula is C8H12BrF3. The maximum absolute atomic E-state index is 12.1. The Morgan fingerprint density at radius 2 is 1.83 bits per heavy atom. The van der Waals surface area contributed by atoms with Crippen molar-refractivity contribution in [2.45, 2.75) is 32.4 Å². The number of rotatable bonds is 3. The summed E-state index contributed by atoms with van der Waals surface area (Å²) in [5.41, 5.74) is -0.571. The zero-order chi connectivity index (χ0) is 9.41. The Bertz CT molecular complexity index is 162. The van der Waals surface area contributed by atoms with Crippen LogP contribution in [0.5, 0.6) is 0 Å². The lowest BCUT2D eigenvalue weighted by Gasteiger charge is -2.28. The molecule has 1 saturated carbocycles. The molecule has 0 aromatic heterocycles. The van der Waals surface area contributed by atoms with Crippen LogP contribution in [-0.4, -0.2) is 11.5 Å². The molecule has 0 N–H and O–H groups in total. The van der Waals surface area contributed by atoms with Crippen molar-refractivity contribution in [2.75, 3.05) is 5.33 Å². The van der Waals surface area contributed by atoms with Gasteiger partial charge < -0.3 is 0 Å². The summed E-state index contributed by atoms with van der Waals surface area (Å²) < 4.78 is 36.3. The smallest absolute Gasteiger partial charge is 0.171 e. The van der Waals surface area contributed by atoms with E-state index in [2.05, 4.69) is 15.9 Å². The van der Waals surface area contributed by atoms with E-state index in [-0.39, 0.29) is 5.92 Å². The Hall–Kier alpha value is 0.270. The van der Waals surface area contributed by atoms with Gasteiger partial charge in [0.2, 0.25) is 0 Å². The highest BCUT2D eigenvalue weighted by molar-refractivity contribution is 9.09. The normalized spacial score (nSPS) is 23.8. The molecule has 0 aliphatic heterocycles. The molecule has 1 atom stereocenters. The van der Waals surface area contributed by atoms with Crippen LogP contribution < -0.4 is 0 Å². The molecule has 0 bridgehead atoms. The highest BCUT2D eigenvalue weighted by Crippen LogP contribution is 2.51. The van der Waals surface area contributed by atoms with Gasteiger partial charge in [-0.2, -0.15) is 13.2 Å². The molecule has 0 amide bonds. The zero-order valence-electron chi connectivity index (χ0n) is 6.92. The second-order valence-electron chi connectivity index (χ2n) is 3.85. The molecule has 4 heteroatoms. The van der Waals surface area contributed by atoms with Gasteiger partial charge in [0.25, 0.3) is 0 Å². The Balaban J connectivity index is 2.54. The average molecular weight is 245 g/mol. The first kappa shape index (κ1) is 10.4. The molecule has 0 heterocycles. The van der Waals surface area contributed by atoms with E-state index in [1.807, 2.05) is 0 Å². The predicted molar refractivity (Wildman–Crippen MR) is 45.3 cm³/mol. The molecule has 1 rings (SSSR count). The van der Waals surface area contributed by atoms with Crippen molar-refractivity contribution in [3.8, 4) is 0 Å². The van der Waals surface area contributed by atoms with Crippen LogP contribution in [0.2, 0.25) is 0 Å². The van der Waals surface area contributed by atoms with Crippen molar-refractivity contribution in [2.24, 2.45) is 11.3 Å². The Kier molecular flexibility index (Phi) is 2.76. The third-order valence-electron chi connectivity index (χ3n) is 2.47. The van der Waals surface area contributed by atoms with E-state index in [4.69, 9.17) is 0 Å². The fraction of sp³-hybridized carbons (Fsp3) is 1.00. The van der Waals surface area contributed by atoms with E-state index >= 15 is 0 Å². The van der Waals surface area contributed by atoms with E-state index in [1.54, 1.807) is 6.92 Å². The van der Waals surface area contributed by atoms with Gasteiger partial charge in [0.05, 0.1) is 0 Å². The van der Waals surface area contributed by atoms with Crippen LogP contribution in [0.1, 0.15) is 26.2 Å². The first-order chi connectivity index (χ1) is 5.37. The molecule has 0 radical (unpaired) electrons. The van der Waals surface area contributed by atoms with Gasteiger partial charge in [0.1, 0.15) is 0 Å². The van der Waals surface area contributed by atoms with E-state index < -0.39 is 18.0 Å². The fourth-order valence-corrected chi connectivity index (χ4v) is 2.19. The largest absolute Gasteiger partial charge is 0.389 e. The number of hydrogen-bond acceptors (Lipinski definition) is 0. The lowest BCUT2D eigenvalue weighted by atomic mass is 9.83. The molecule has 0 aromatic rings. The van der Waals surface area contributed by atoms with Crippen molar-refractivity contribution in [1.82, 2.24) is 0 Å². The lowest BCUT2D eigenvalue weighted by molar-refractivity contribution is -0.156. The molecule has 1 aliphatic rings. The van der Waals surface area contributed by atoms with E-state index in [0.717, 1.165) is 12.8 Å². The predicted octanol–water partition coefficient (Wildman–Crippen LogP) is 3.75. The Morgan fingerprint density at radius 1 is 1.33 bits per heavy atom. The van der Waals surface area contributed by atoms with Gasteiger partial charge in [-0.25, -0.2) is 0 Å². The molecule has 0 spiro atoms. The monoisotopic (exact) mass is 244 g/mol. The first-order valence-electron chi connectivity index (χ1n) is 4.00. The molecular weight excluding hydrogens is 233 g/mol. The average Bonchev–Trinajstić information content (AvgIpc) is 2.64. The SMILES string of the molecule is CC(CBr)(CC(F)(F)F)C1CC1. The number of alkyl halides is 4. The van der Waals surface area contributed by atoms with Gasteiger partial charge in [-0.3, -0.25) is 0 Å². The van der Waals surface area contributed by atoms with Crippen LogP contribution in [0.3, 0.4) is 0 Å². The summed E-state index contributed by atoms with van der Waals surface area (Å²) in [6, 6.07) is 0. The van der Waals surface area contributed by atoms with Crippen molar-refractivity contribution < 1.29 is 13.2 Å². The summed E-state index contributed by atoms with van der Waals surface area (Å²) in [6.45, 7) is 1.72. The van der Waals surface area contributed by atoms with Crippen LogP contribution in [0.4, 0.5) is 13.2 Å². The quantitative estimate of drug-likeness (QED) is 0.664. The molecule has 1 aliphatic carbocycles. The van der Waals surface area contributed by atoms with Gasteiger partial charge in [-0.05, 0) is 24.2 Å². The topological polar surface area (TPSA) is 0 Å². The van der Waals surface area contributed by atoms with Crippen LogP contribution in [0, 0.1) is 11.3 Å². The van der Waals surface area contributed by atoms with Crippen molar-refractivity contribution in [3.05, 3.63) is 0 Å². The summed E-state index contributed by atoms with van der Waals surface area (Å²) >= 11 is 3.17. The molecule has 72 valence electrons. The minimum Gasteiger partial charge on any atom is -0.171 e. The standard InChI is InChI=1S/C8H12BrF3/c1-7(5-9,6-2-3-6)4-8(10,11)12/h6H,2-5H2,1H3. The lowest BCUT2D eigenvalue weighted by Crippen LogP contribution is -2.28. The van der Waals surface area contributed by atoms with Crippen LogP contribution in [0.25, 0.3) is 0 Å². The molecule has 12 heavy (non-hydrogen) atoms. The summed E-state index contributed by atoms with van der Waals surface area (Å²) in [6.07, 6.45) is -2.77. The van der Waals surface area contributed by atoms with E-state index in [1.165, 1.54) is 0 Å². The van der Waals surface area contributed by atoms with Crippen molar-refractivity contribution in [3.63, 3.8) is 0 Å². The summed E-state index contributed by atoms with van der Waals surface area (Å²) in [5.74, 6) is 0.276. The molecule has 0 aromatic carbocycles. The van der Waals surface area contributed by atoms with Gasteiger partial charge in [-0.15, -0.1) is 0 Å². The Labute approximate surface area is 78.7 Å². The third-order valence-corrected chi connectivity index (χ3v) is 3.75. The van der Waals surface area contributed by atoms with Crippen molar-refractivity contribution >= 4 is 15.9 Å². The maximum atomic E-state index is 12.1. The highest BCUT2D eigenvalue weighted by Gasteiger charge is 2.47. The van der Waals surface area contributed by atoms with Gasteiger partial charge >= 0.3 is 6.18 Å². The van der Waals surface area contributed by atoms with Crippen LogP contribution in [-0.2, 0) is 0 Å². The zero-order valence-corrected chi connectivity index (χ0v) is 8.50. The highest BCUT2D eigenvalue weighted by atomic mass is 79.9. The van der Waals surface area contributed by atoms with Crippen LogP contribution in [0.15, 0.2) is 0 Å². The summed E-state index contributed by atoms with van der Waals surface area (Å²) in [7, 11) is 0. The fourth-order valence-electron chi connectivity index (χ4n) is 1.54. The molecule has 1 unspecified atom stereocenters. The molecule has 0 nitrogen and oxygen atoms in total. The second kappa shape index (κ2) is 3.20. The summed E-state index contributed by atoms with van der Waals surface area (Å²) in [4.78, 5) is 0. The molecule has 0 saturated heterocycles. The van der Waals surface area contributed by atoms with E-state index in [9.17, 15) is 13.2 Å². The third kappa shape index (κ3) is 2.64. The maximum Gasteiger partial charge on any atom is 0.389 e. The minimum atomic E-state index is -4.02. The van der Waals surface area contributed by atoms with E-state index in [0.29, 0.717) is 5.33 Å². The van der Waals surface area contributed by atoms with Gasteiger partial charge in [0, 0.05) is 11.8 Å². The first-order valence-corrected chi connectivity index (χ1v) is 5.12. The Morgan fingerprint density at radius 3 is 2.08 bits per heavy atom. The summed E-state index contributed by atoms with van der Waals surface area (Å²) in [5, 5.41) is 0.449. The number of hydrogen-bond donors (Lipinski definition) is 0. The number of halogens is 4. The van der Waals surface area contributed by atoms with Crippen molar-refractivity contribution in [1.29, 1.82) is 0 Å². The van der Waals surface area contributed by atoms with Crippen LogP contribution >= 0.6 is 15.9 Å². The van der Waals surface area contributed by atoms with Gasteiger partial charge in [-0.1, -0.05) is 22.9 Å². The van der Waals surface area contributed by atoms with Gasteiger partial charge in [0.15, 0.2) is 0 Å². The molecule has 1 fully saturated rings.